The first-order valence-electron chi connectivity index (χ1n) is 2.86. The van der Waals surface area contributed by atoms with Gasteiger partial charge in [0.1, 0.15) is 5.00 Å². The first-order chi connectivity index (χ1) is 5.38. The maximum atomic E-state index is 10.0. The third kappa shape index (κ3) is 1.78. The van der Waals surface area contributed by atoms with Crippen LogP contribution in [0, 0.1) is 0 Å². The van der Waals surface area contributed by atoms with Gasteiger partial charge in [0.2, 0.25) is 12.8 Å². The molecule has 0 saturated carbocycles. The highest BCUT2D eigenvalue weighted by Crippen LogP contribution is 2.26. The first kappa shape index (κ1) is 7.74. The van der Waals surface area contributed by atoms with Crippen molar-refractivity contribution < 1.29 is 9.59 Å². The van der Waals surface area contributed by atoms with E-state index in [0.29, 0.717) is 23.5 Å². The number of amides is 2. The van der Waals surface area contributed by atoms with Gasteiger partial charge in [-0.05, 0) is 11.4 Å². The van der Waals surface area contributed by atoms with E-state index < -0.39 is 0 Å². The van der Waals surface area contributed by atoms with Gasteiger partial charge in [0.05, 0.1) is 5.69 Å². The van der Waals surface area contributed by atoms with E-state index in [1.54, 1.807) is 11.4 Å². The van der Waals surface area contributed by atoms with Crippen LogP contribution in [-0.2, 0) is 9.59 Å². The van der Waals surface area contributed by atoms with Crippen LogP contribution < -0.4 is 10.6 Å². The van der Waals surface area contributed by atoms with Gasteiger partial charge in [-0.15, -0.1) is 11.3 Å². The minimum absolute atomic E-state index is 0.567. The quantitative estimate of drug-likeness (QED) is 0.659. The smallest absolute Gasteiger partial charge is 0.212 e. The Balaban J connectivity index is 2.76. The van der Waals surface area contributed by atoms with Gasteiger partial charge in [-0.25, -0.2) is 0 Å². The van der Waals surface area contributed by atoms with E-state index in [1.165, 1.54) is 11.3 Å². The second-order valence-electron chi connectivity index (χ2n) is 1.69. The maximum Gasteiger partial charge on any atom is 0.212 e. The third-order valence-corrected chi connectivity index (χ3v) is 1.92. The number of hydrogen-bond donors (Lipinski definition) is 2. The number of rotatable bonds is 4. The van der Waals surface area contributed by atoms with Crippen molar-refractivity contribution in [2.75, 3.05) is 10.6 Å². The van der Waals surface area contributed by atoms with Crippen molar-refractivity contribution in [3.05, 3.63) is 11.4 Å². The summed E-state index contributed by atoms with van der Waals surface area (Å²) in [5.74, 6) is 0. The summed E-state index contributed by atoms with van der Waals surface area (Å²) in [4.78, 5) is 20.0. The average Bonchev–Trinajstić information content (AvgIpc) is 2.39. The summed E-state index contributed by atoms with van der Waals surface area (Å²) in [6, 6.07) is 1.71. The fraction of sp³-hybridized carbons (Fsp3) is 0. The Morgan fingerprint density at radius 3 is 2.64 bits per heavy atom. The predicted molar refractivity (Wildman–Crippen MR) is 43.7 cm³/mol. The van der Waals surface area contributed by atoms with E-state index in [4.69, 9.17) is 0 Å². The first-order valence-corrected chi connectivity index (χ1v) is 3.74. The number of carbonyl (C=O) groups excluding carboxylic acids is 2. The van der Waals surface area contributed by atoms with Crippen molar-refractivity contribution in [1.82, 2.24) is 0 Å². The van der Waals surface area contributed by atoms with Crippen LogP contribution in [0.4, 0.5) is 10.7 Å². The summed E-state index contributed by atoms with van der Waals surface area (Å²) in [6.45, 7) is 0. The topological polar surface area (TPSA) is 58.2 Å². The van der Waals surface area contributed by atoms with Crippen LogP contribution in [0.15, 0.2) is 11.4 Å². The number of nitrogens with one attached hydrogen (secondary N) is 2. The Morgan fingerprint density at radius 2 is 2.00 bits per heavy atom. The van der Waals surface area contributed by atoms with Crippen LogP contribution in [0.1, 0.15) is 0 Å². The molecule has 0 atom stereocenters. The van der Waals surface area contributed by atoms with Crippen LogP contribution in [0.3, 0.4) is 0 Å². The molecule has 2 N–H and O–H groups in total. The zero-order valence-corrected chi connectivity index (χ0v) is 6.35. The minimum atomic E-state index is 0.567. The van der Waals surface area contributed by atoms with Crippen molar-refractivity contribution >= 4 is 34.8 Å². The van der Waals surface area contributed by atoms with Crippen LogP contribution >= 0.6 is 11.3 Å². The molecule has 0 aliphatic heterocycles. The van der Waals surface area contributed by atoms with Crippen molar-refractivity contribution in [3.8, 4) is 0 Å². The molecule has 0 unspecified atom stereocenters. The number of anilines is 2. The molecular formula is C6H6N2O2S. The van der Waals surface area contributed by atoms with Gasteiger partial charge in [0.15, 0.2) is 0 Å². The third-order valence-electron chi connectivity index (χ3n) is 1.07. The van der Waals surface area contributed by atoms with E-state index in [1.807, 2.05) is 0 Å². The Labute approximate surface area is 67.2 Å². The fourth-order valence-corrected chi connectivity index (χ4v) is 1.36. The van der Waals surface area contributed by atoms with Gasteiger partial charge in [-0.2, -0.15) is 0 Å². The van der Waals surface area contributed by atoms with Crippen LogP contribution in [0.2, 0.25) is 0 Å². The normalized spacial score (nSPS) is 8.73. The molecule has 5 heteroatoms. The molecule has 0 spiro atoms. The summed E-state index contributed by atoms with van der Waals surface area (Å²) in [5.41, 5.74) is 0.622. The Morgan fingerprint density at radius 1 is 1.27 bits per heavy atom. The highest BCUT2D eigenvalue weighted by Gasteiger charge is 2.00. The lowest BCUT2D eigenvalue weighted by atomic mass is 10.5. The average molecular weight is 170 g/mol. The van der Waals surface area contributed by atoms with E-state index in [0.717, 1.165) is 0 Å². The molecule has 1 heterocycles. The molecule has 1 aromatic rings. The molecule has 58 valence electrons. The van der Waals surface area contributed by atoms with Crippen molar-refractivity contribution in [2.24, 2.45) is 0 Å². The number of hydrogen-bond acceptors (Lipinski definition) is 3. The summed E-state index contributed by atoms with van der Waals surface area (Å²) in [6.07, 6.45) is 1.14. The molecule has 0 fully saturated rings. The van der Waals surface area contributed by atoms with Crippen LogP contribution in [0.5, 0.6) is 0 Å². The molecule has 1 rings (SSSR count). The second-order valence-corrected chi connectivity index (χ2v) is 2.60. The lowest BCUT2D eigenvalue weighted by molar-refractivity contribution is -0.106. The highest BCUT2D eigenvalue weighted by molar-refractivity contribution is 7.15. The van der Waals surface area contributed by atoms with E-state index in [-0.39, 0.29) is 0 Å². The molecule has 11 heavy (non-hydrogen) atoms. The minimum Gasteiger partial charge on any atom is -0.326 e. The number of carbonyl (C=O) groups is 2. The molecule has 0 saturated heterocycles. The Bertz CT molecular complexity index is 234. The SMILES string of the molecule is O=CNc1ccsc1NC=O. The van der Waals surface area contributed by atoms with E-state index in [2.05, 4.69) is 10.6 Å². The maximum absolute atomic E-state index is 10.0. The van der Waals surface area contributed by atoms with Gasteiger partial charge >= 0.3 is 0 Å². The predicted octanol–water partition coefficient (Wildman–Crippen LogP) is 0.885. The fourth-order valence-electron chi connectivity index (χ4n) is 0.652. The molecule has 1 aromatic heterocycles. The summed E-state index contributed by atoms with van der Waals surface area (Å²) < 4.78 is 0. The van der Waals surface area contributed by atoms with Gasteiger partial charge in [0.25, 0.3) is 0 Å². The van der Waals surface area contributed by atoms with Crippen molar-refractivity contribution in [2.45, 2.75) is 0 Å². The van der Waals surface area contributed by atoms with Gasteiger partial charge in [-0.1, -0.05) is 0 Å². The zero-order valence-electron chi connectivity index (χ0n) is 5.53. The summed E-state index contributed by atoms with van der Waals surface area (Å²) in [5, 5.41) is 7.33. The van der Waals surface area contributed by atoms with E-state index in [9.17, 15) is 9.59 Å². The van der Waals surface area contributed by atoms with Crippen molar-refractivity contribution in [3.63, 3.8) is 0 Å². The van der Waals surface area contributed by atoms with Crippen molar-refractivity contribution in [1.29, 1.82) is 0 Å². The summed E-state index contributed by atoms with van der Waals surface area (Å²) in [7, 11) is 0. The van der Waals surface area contributed by atoms with E-state index >= 15 is 0 Å². The lowest BCUT2D eigenvalue weighted by Gasteiger charge is -1.97. The Hall–Kier alpha value is -1.36. The molecule has 0 aliphatic carbocycles. The summed E-state index contributed by atoms with van der Waals surface area (Å²) >= 11 is 1.35. The van der Waals surface area contributed by atoms with Gasteiger partial charge in [-0.3, -0.25) is 9.59 Å². The number of thiophene rings is 1. The molecule has 0 aromatic carbocycles. The van der Waals surface area contributed by atoms with Gasteiger partial charge in [0, 0.05) is 0 Å². The second kappa shape index (κ2) is 3.72. The van der Waals surface area contributed by atoms with Crippen LogP contribution in [-0.4, -0.2) is 12.8 Å². The molecule has 0 bridgehead atoms. The molecule has 0 aliphatic rings. The molecule has 4 nitrogen and oxygen atoms in total. The molecule has 0 radical (unpaired) electrons. The molecular weight excluding hydrogens is 164 g/mol. The standard InChI is InChI=1S/C6H6N2O2S/c9-3-7-5-1-2-11-6(5)8-4-10/h1-4H,(H,7,9)(H,8,10). The lowest BCUT2D eigenvalue weighted by Crippen LogP contribution is -1.97. The Kier molecular flexibility index (Phi) is 2.62. The van der Waals surface area contributed by atoms with Gasteiger partial charge < -0.3 is 10.6 Å². The molecule has 2 amide bonds. The largest absolute Gasteiger partial charge is 0.326 e. The highest BCUT2D eigenvalue weighted by atomic mass is 32.1. The monoisotopic (exact) mass is 170 g/mol. The van der Waals surface area contributed by atoms with Crippen LogP contribution in [0.25, 0.3) is 0 Å². The zero-order chi connectivity index (χ0) is 8.10.